The Morgan fingerprint density at radius 3 is 2.86 bits per heavy atom. The zero-order valence-electron chi connectivity index (χ0n) is 12.7. The zero-order valence-corrected chi connectivity index (χ0v) is 12.7. The summed E-state index contributed by atoms with van der Waals surface area (Å²) in [6.07, 6.45) is 6.43. The third-order valence-corrected chi connectivity index (χ3v) is 3.57. The Bertz CT molecular complexity index is 553. The second kappa shape index (κ2) is 8.22. The Kier molecular flexibility index (Phi) is 6.01. The molecular formula is C17H21NO4. The molecule has 0 radical (unpaired) electrons. The molecule has 1 aliphatic carbocycles. The fourth-order valence-corrected chi connectivity index (χ4v) is 2.38. The Morgan fingerprint density at radius 2 is 2.14 bits per heavy atom. The monoisotopic (exact) mass is 303 g/mol. The largest absolute Gasteiger partial charge is 0.496 e. The van der Waals surface area contributed by atoms with E-state index >= 15 is 0 Å². The molecule has 1 N–H and O–H groups in total. The van der Waals surface area contributed by atoms with Gasteiger partial charge in [0.2, 0.25) is 0 Å². The van der Waals surface area contributed by atoms with Gasteiger partial charge < -0.3 is 14.8 Å². The maximum Gasteiger partial charge on any atom is 0.306 e. The SMILES string of the molecule is COc1ccccc1CNC(=O)COC(=O)C[C@H]1C=CCC1. The normalized spacial score (nSPS) is 16.3. The molecule has 5 nitrogen and oxygen atoms in total. The molecule has 0 aromatic heterocycles. The summed E-state index contributed by atoms with van der Waals surface area (Å²) in [5.74, 6) is 0.321. The van der Waals surface area contributed by atoms with Crippen molar-refractivity contribution in [3.05, 3.63) is 42.0 Å². The first-order valence-electron chi connectivity index (χ1n) is 7.40. The molecule has 1 aliphatic rings. The van der Waals surface area contributed by atoms with Gasteiger partial charge in [0, 0.05) is 12.1 Å². The highest BCUT2D eigenvalue weighted by Gasteiger charge is 2.16. The summed E-state index contributed by atoms with van der Waals surface area (Å²) < 4.78 is 10.2. The molecule has 0 heterocycles. The number of methoxy groups -OCH3 is 1. The highest BCUT2D eigenvalue weighted by molar-refractivity contribution is 5.80. The summed E-state index contributed by atoms with van der Waals surface area (Å²) in [6.45, 7) is 0.0934. The summed E-state index contributed by atoms with van der Waals surface area (Å²) in [6, 6.07) is 7.44. The second-order valence-corrected chi connectivity index (χ2v) is 5.22. The minimum atomic E-state index is -0.330. The van der Waals surface area contributed by atoms with Crippen molar-refractivity contribution in [3.8, 4) is 5.75 Å². The van der Waals surface area contributed by atoms with Crippen molar-refractivity contribution in [1.82, 2.24) is 5.32 Å². The van der Waals surface area contributed by atoms with Crippen molar-refractivity contribution in [2.75, 3.05) is 13.7 Å². The Labute approximate surface area is 130 Å². The molecule has 0 fully saturated rings. The molecule has 0 aliphatic heterocycles. The summed E-state index contributed by atoms with van der Waals surface area (Å²) >= 11 is 0. The van der Waals surface area contributed by atoms with Crippen LogP contribution in [-0.4, -0.2) is 25.6 Å². The topological polar surface area (TPSA) is 64.6 Å². The van der Waals surface area contributed by atoms with Gasteiger partial charge in [-0.3, -0.25) is 9.59 Å². The van der Waals surface area contributed by atoms with Crippen molar-refractivity contribution >= 4 is 11.9 Å². The summed E-state index contributed by atoms with van der Waals surface area (Å²) in [5.41, 5.74) is 0.876. The fraction of sp³-hybridized carbons (Fsp3) is 0.412. The van der Waals surface area contributed by atoms with Gasteiger partial charge in [0.05, 0.1) is 13.5 Å². The molecule has 118 valence electrons. The van der Waals surface area contributed by atoms with Crippen LogP contribution in [0.2, 0.25) is 0 Å². The van der Waals surface area contributed by atoms with Gasteiger partial charge in [-0.05, 0) is 24.8 Å². The van der Waals surface area contributed by atoms with Crippen LogP contribution in [0.4, 0.5) is 0 Å². The fourth-order valence-electron chi connectivity index (χ4n) is 2.38. The van der Waals surface area contributed by atoms with Crippen LogP contribution in [0.5, 0.6) is 5.75 Å². The van der Waals surface area contributed by atoms with Crippen molar-refractivity contribution < 1.29 is 19.1 Å². The zero-order chi connectivity index (χ0) is 15.8. The number of allylic oxidation sites excluding steroid dienone is 2. The lowest BCUT2D eigenvalue weighted by Crippen LogP contribution is -2.28. The first-order chi connectivity index (χ1) is 10.7. The number of ether oxygens (including phenoxy) is 2. The number of amides is 1. The van der Waals surface area contributed by atoms with E-state index in [0.29, 0.717) is 18.7 Å². The molecule has 1 aromatic rings. The molecule has 1 amide bonds. The van der Waals surface area contributed by atoms with Crippen LogP contribution in [0.15, 0.2) is 36.4 Å². The van der Waals surface area contributed by atoms with Crippen molar-refractivity contribution in [1.29, 1.82) is 0 Å². The molecule has 0 bridgehead atoms. The number of para-hydroxylation sites is 1. The van der Waals surface area contributed by atoms with Gasteiger partial charge in [-0.15, -0.1) is 0 Å². The molecule has 0 unspecified atom stereocenters. The van der Waals surface area contributed by atoms with Crippen LogP contribution in [0.25, 0.3) is 0 Å². The van der Waals surface area contributed by atoms with Gasteiger partial charge >= 0.3 is 5.97 Å². The van der Waals surface area contributed by atoms with Gasteiger partial charge in [-0.1, -0.05) is 30.4 Å². The van der Waals surface area contributed by atoms with Gasteiger partial charge in [0.1, 0.15) is 5.75 Å². The van der Waals surface area contributed by atoms with E-state index in [-0.39, 0.29) is 24.4 Å². The number of carbonyl (C=O) groups is 2. The van der Waals surface area contributed by atoms with E-state index in [2.05, 4.69) is 11.4 Å². The standard InChI is InChI=1S/C17H21NO4/c1-21-15-9-5-4-8-14(15)11-18-16(19)12-22-17(20)10-13-6-2-3-7-13/h2,4-6,8-9,13H,3,7,10-12H2,1H3,(H,18,19)/t13-/m0/s1. The van der Waals surface area contributed by atoms with E-state index in [1.54, 1.807) is 7.11 Å². The number of carbonyl (C=O) groups excluding carboxylic acids is 2. The summed E-state index contributed by atoms with van der Waals surface area (Å²) in [5, 5.41) is 2.71. The number of rotatable bonds is 7. The Hall–Kier alpha value is -2.30. The van der Waals surface area contributed by atoms with Gasteiger partial charge in [-0.2, -0.15) is 0 Å². The average Bonchev–Trinajstić information content (AvgIpc) is 3.04. The number of nitrogens with one attached hydrogen (secondary N) is 1. The third-order valence-electron chi connectivity index (χ3n) is 3.57. The number of hydrogen-bond donors (Lipinski definition) is 1. The molecule has 0 spiro atoms. The van der Waals surface area contributed by atoms with Crippen molar-refractivity contribution in [2.45, 2.75) is 25.8 Å². The first kappa shape index (κ1) is 16.1. The molecule has 22 heavy (non-hydrogen) atoms. The lowest BCUT2D eigenvalue weighted by molar-refractivity contribution is -0.149. The molecular weight excluding hydrogens is 282 g/mol. The van der Waals surface area contributed by atoms with Gasteiger partial charge in [0.15, 0.2) is 6.61 Å². The predicted molar refractivity (Wildman–Crippen MR) is 82.3 cm³/mol. The minimum Gasteiger partial charge on any atom is -0.496 e. The lowest BCUT2D eigenvalue weighted by Gasteiger charge is -2.10. The van der Waals surface area contributed by atoms with Crippen LogP contribution in [0, 0.1) is 5.92 Å². The predicted octanol–water partition coefficient (Wildman–Crippen LogP) is 2.21. The first-order valence-corrected chi connectivity index (χ1v) is 7.40. The van der Waals surface area contributed by atoms with Gasteiger partial charge in [0.25, 0.3) is 5.91 Å². The average molecular weight is 303 g/mol. The molecule has 2 rings (SSSR count). The summed E-state index contributed by atoms with van der Waals surface area (Å²) in [4.78, 5) is 23.3. The minimum absolute atomic E-state index is 0.246. The van der Waals surface area contributed by atoms with E-state index in [1.165, 1.54) is 0 Å². The Balaban J connectivity index is 1.69. The highest BCUT2D eigenvalue weighted by atomic mass is 16.5. The van der Waals surface area contributed by atoms with E-state index in [4.69, 9.17) is 9.47 Å². The molecule has 5 heteroatoms. The van der Waals surface area contributed by atoms with Gasteiger partial charge in [-0.25, -0.2) is 0 Å². The van der Waals surface area contributed by atoms with E-state index < -0.39 is 0 Å². The van der Waals surface area contributed by atoms with E-state index in [9.17, 15) is 9.59 Å². The lowest BCUT2D eigenvalue weighted by atomic mass is 10.1. The second-order valence-electron chi connectivity index (χ2n) is 5.22. The molecule has 1 atom stereocenters. The number of esters is 1. The summed E-state index contributed by atoms with van der Waals surface area (Å²) in [7, 11) is 1.58. The van der Waals surface area contributed by atoms with Crippen LogP contribution in [0.1, 0.15) is 24.8 Å². The number of hydrogen-bond acceptors (Lipinski definition) is 4. The van der Waals surface area contributed by atoms with E-state index in [0.717, 1.165) is 18.4 Å². The third kappa shape index (κ3) is 4.91. The van der Waals surface area contributed by atoms with Crippen LogP contribution < -0.4 is 10.1 Å². The quantitative estimate of drug-likeness (QED) is 0.619. The maximum atomic E-state index is 11.7. The highest BCUT2D eigenvalue weighted by Crippen LogP contribution is 2.20. The van der Waals surface area contributed by atoms with Crippen molar-refractivity contribution in [3.63, 3.8) is 0 Å². The maximum absolute atomic E-state index is 11.7. The smallest absolute Gasteiger partial charge is 0.306 e. The van der Waals surface area contributed by atoms with E-state index in [1.807, 2.05) is 30.3 Å². The van der Waals surface area contributed by atoms with Crippen molar-refractivity contribution in [2.24, 2.45) is 5.92 Å². The van der Waals surface area contributed by atoms with Crippen LogP contribution >= 0.6 is 0 Å². The molecule has 0 saturated heterocycles. The number of benzene rings is 1. The van der Waals surface area contributed by atoms with Crippen LogP contribution in [0.3, 0.4) is 0 Å². The van der Waals surface area contributed by atoms with Crippen LogP contribution in [-0.2, 0) is 20.9 Å². The molecule has 0 saturated carbocycles. The molecule has 1 aromatic carbocycles. The Morgan fingerprint density at radius 1 is 1.32 bits per heavy atom.